The van der Waals surface area contributed by atoms with E-state index in [9.17, 15) is 5.11 Å². The molecule has 0 bridgehead atoms. The van der Waals surface area contributed by atoms with Gasteiger partial charge in [-0.1, -0.05) is 12.1 Å². The molecule has 0 amide bonds. The van der Waals surface area contributed by atoms with Gasteiger partial charge in [-0.2, -0.15) is 0 Å². The van der Waals surface area contributed by atoms with Crippen molar-refractivity contribution in [2.75, 3.05) is 25.4 Å². The Hall–Kier alpha value is -1.50. The van der Waals surface area contributed by atoms with Crippen LogP contribution in [0.25, 0.3) is 11.0 Å². The molecular weight excluding hydrogens is 467 g/mol. The number of β-amino-alcohol motifs (C(OH)–C–C–N with tert-alkyl or cyclic N) is 1. The second-order valence-electron chi connectivity index (χ2n) is 9.01. The number of piperidine rings is 1. The van der Waals surface area contributed by atoms with E-state index >= 15 is 0 Å². The van der Waals surface area contributed by atoms with E-state index < -0.39 is 0 Å². The minimum absolute atomic E-state index is 0. The first-order valence-corrected chi connectivity index (χ1v) is 10.7. The van der Waals surface area contributed by atoms with Crippen molar-refractivity contribution in [1.82, 2.24) is 14.5 Å². The number of nitrogens with two attached hydrogens (primary N) is 1. The molecule has 8 heteroatoms. The van der Waals surface area contributed by atoms with Crippen molar-refractivity contribution in [2.45, 2.75) is 45.3 Å². The first kappa shape index (κ1) is 26.7. The number of aromatic nitrogens is 2. The lowest BCUT2D eigenvalue weighted by molar-refractivity contribution is 0.0223. The van der Waals surface area contributed by atoms with Gasteiger partial charge in [0, 0.05) is 25.3 Å². The number of hydrogen-bond donors (Lipinski definition) is 2. The highest BCUT2D eigenvalue weighted by Crippen LogP contribution is 2.32. The van der Waals surface area contributed by atoms with E-state index in [4.69, 9.17) is 10.7 Å². The second kappa shape index (κ2) is 10.6. The summed E-state index contributed by atoms with van der Waals surface area (Å²) in [6.07, 6.45) is 2.80. The van der Waals surface area contributed by atoms with Gasteiger partial charge in [0.15, 0.2) is 0 Å². The minimum Gasteiger partial charge on any atom is -0.399 e. The van der Waals surface area contributed by atoms with Crippen LogP contribution in [0.2, 0.25) is 0 Å². The molecule has 1 fully saturated rings. The number of aryl methyl sites for hydroxylation is 2. The average Bonchev–Trinajstić information content (AvgIpc) is 3.20. The zero-order valence-electron chi connectivity index (χ0n) is 18.5. The van der Waals surface area contributed by atoms with Crippen molar-refractivity contribution in [3.8, 4) is 0 Å². The van der Waals surface area contributed by atoms with E-state index in [0.717, 1.165) is 61.4 Å². The van der Waals surface area contributed by atoms with E-state index in [1.807, 2.05) is 6.07 Å². The van der Waals surface area contributed by atoms with E-state index in [0.29, 0.717) is 5.92 Å². The van der Waals surface area contributed by atoms with Gasteiger partial charge in [0.2, 0.25) is 0 Å². The number of likely N-dealkylation sites (tertiary alicyclic amines) is 1. The smallest absolute Gasteiger partial charge is 0.107 e. The van der Waals surface area contributed by atoms with Crippen LogP contribution in [0.3, 0.4) is 0 Å². The molecule has 1 aliphatic carbocycles. The Morgan fingerprint density at radius 3 is 2.53 bits per heavy atom. The van der Waals surface area contributed by atoms with Crippen molar-refractivity contribution < 1.29 is 5.11 Å². The first-order valence-electron chi connectivity index (χ1n) is 10.7. The Morgan fingerprint density at radius 2 is 1.78 bits per heavy atom. The summed E-state index contributed by atoms with van der Waals surface area (Å²) < 4.78 is 2.25. The van der Waals surface area contributed by atoms with Crippen LogP contribution in [0.1, 0.15) is 35.0 Å². The fraction of sp³-hybridized carbons (Fsp3) is 0.458. The predicted octanol–water partition coefficient (Wildman–Crippen LogP) is 4.52. The minimum atomic E-state index is -0.374. The molecule has 3 aromatic rings. The van der Waals surface area contributed by atoms with Gasteiger partial charge in [0.25, 0.3) is 0 Å². The molecule has 1 unspecified atom stereocenters. The number of benzene rings is 2. The molecule has 2 aliphatic rings. The van der Waals surface area contributed by atoms with E-state index in [1.54, 1.807) is 0 Å². The van der Waals surface area contributed by atoms with Crippen molar-refractivity contribution in [2.24, 2.45) is 5.92 Å². The predicted molar refractivity (Wildman–Crippen MR) is 139 cm³/mol. The van der Waals surface area contributed by atoms with Gasteiger partial charge in [-0.15, -0.1) is 37.2 Å². The molecule has 3 N–H and O–H groups in total. The number of rotatable bonds is 3. The molecule has 32 heavy (non-hydrogen) atoms. The number of aliphatic hydroxyl groups excluding tert-OH is 1. The Kier molecular flexibility index (Phi) is 8.88. The van der Waals surface area contributed by atoms with Crippen LogP contribution < -0.4 is 5.73 Å². The van der Waals surface area contributed by atoms with Gasteiger partial charge in [-0.3, -0.25) is 0 Å². The molecule has 0 saturated carbocycles. The first-order chi connectivity index (χ1) is 14.0. The van der Waals surface area contributed by atoms with Crippen LogP contribution in [-0.4, -0.2) is 45.3 Å². The summed E-state index contributed by atoms with van der Waals surface area (Å²) in [4.78, 5) is 7.19. The van der Waals surface area contributed by atoms with E-state index in [2.05, 4.69) is 53.6 Å². The lowest BCUT2D eigenvalue weighted by atomic mass is 9.98. The molecular formula is C24H33Cl3N4O. The molecule has 2 aromatic carbocycles. The number of anilines is 1. The summed E-state index contributed by atoms with van der Waals surface area (Å²) in [5.41, 5.74) is 13.0. The van der Waals surface area contributed by atoms with E-state index in [-0.39, 0.29) is 49.4 Å². The summed E-state index contributed by atoms with van der Waals surface area (Å²) in [7, 11) is 0. The monoisotopic (exact) mass is 498 g/mol. The third kappa shape index (κ3) is 5.02. The molecule has 0 spiro atoms. The molecule has 5 nitrogen and oxygen atoms in total. The van der Waals surface area contributed by atoms with Gasteiger partial charge < -0.3 is 20.3 Å². The quantitative estimate of drug-likeness (QED) is 0.520. The van der Waals surface area contributed by atoms with Crippen LogP contribution in [0, 0.1) is 19.8 Å². The highest BCUT2D eigenvalue weighted by atomic mass is 35.5. The summed E-state index contributed by atoms with van der Waals surface area (Å²) in [6.45, 7) is 6.93. The number of nitrogens with zero attached hydrogens (tertiary/aromatic N) is 3. The van der Waals surface area contributed by atoms with Crippen LogP contribution >= 0.6 is 37.2 Å². The van der Waals surface area contributed by atoms with E-state index in [1.165, 1.54) is 16.7 Å². The number of imidazole rings is 1. The molecule has 1 saturated heterocycles. The molecule has 0 radical (unpaired) electrons. The SMILES string of the molecule is Cc1ccc2c(c1)nc(C)n2[C@@H]1CCN(CC2Cc3ccc(N)cc3C2)C[C@H]1O.Cl.Cl.Cl. The van der Waals surface area contributed by atoms with Gasteiger partial charge in [0.1, 0.15) is 5.82 Å². The van der Waals surface area contributed by atoms with Gasteiger partial charge in [-0.25, -0.2) is 4.98 Å². The standard InChI is InChI=1S/C24H30N4O.3ClH/c1-15-3-6-22-21(9-15)26-16(2)28(22)23-7-8-27(14-24(23)29)13-17-10-18-4-5-20(25)12-19(18)11-17;;;/h3-6,9,12,17,23-24,29H,7-8,10-11,13-14,25H2,1-2H3;3*1H/t17?,23-,24-;;;/m1.../s1. The zero-order chi connectivity index (χ0) is 20.1. The van der Waals surface area contributed by atoms with Crippen molar-refractivity contribution in [1.29, 1.82) is 0 Å². The Bertz CT molecular complexity index is 1070. The highest BCUT2D eigenvalue weighted by molar-refractivity contribution is 5.86. The maximum Gasteiger partial charge on any atom is 0.107 e. The third-order valence-corrected chi connectivity index (χ3v) is 6.75. The molecule has 1 aliphatic heterocycles. The normalized spacial score (nSPS) is 22.5. The number of nitrogen functional groups attached to an aromatic ring is 1. The fourth-order valence-electron chi connectivity index (χ4n) is 5.42. The number of fused-ring (bicyclic) bond motifs is 2. The fourth-order valence-corrected chi connectivity index (χ4v) is 5.42. The summed E-state index contributed by atoms with van der Waals surface area (Å²) in [5, 5.41) is 11.0. The molecule has 176 valence electrons. The largest absolute Gasteiger partial charge is 0.399 e. The van der Waals surface area contributed by atoms with Crippen LogP contribution in [0.5, 0.6) is 0 Å². The van der Waals surface area contributed by atoms with Crippen LogP contribution in [0.4, 0.5) is 5.69 Å². The average molecular weight is 500 g/mol. The van der Waals surface area contributed by atoms with Gasteiger partial charge in [-0.05, 0) is 80.0 Å². The maximum atomic E-state index is 11.0. The lowest BCUT2D eigenvalue weighted by Gasteiger charge is -2.38. The Morgan fingerprint density at radius 1 is 1.03 bits per heavy atom. The second-order valence-corrected chi connectivity index (χ2v) is 9.01. The number of halogens is 3. The Balaban J connectivity index is 0.00000121. The van der Waals surface area contributed by atoms with Crippen molar-refractivity contribution >= 4 is 53.9 Å². The summed E-state index contributed by atoms with van der Waals surface area (Å²) in [5.74, 6) is 1.61. The third-order valence-electron chi connectivity index (χ3n) is 6.75. The lowest BCUT2D eigenvalue weighted by Crippen LogP contribution is -2.46. The summed E-state index contributed by atoms with van der Waals surface area (Å²) >= 11 is 0. The summed E-state index contributed by atoms with van der Waals surface area (Å²) in [6, 6.07) is 12.8. The Labute approximate surface area is 208 Å². The van der Waals surface area contributed by atoms with Crippen LogP contribution in [-0.2, 0) is 12.8 Å². The van der Waals surface area contributed by atoms with Crippen molar-refractivity contribution in [3.63, 3.8) is 0 Å². The molecule has 2 heterocycles. The number of aliphatic hydroxyl groups is 1. The molecule has 5 rings (SSSR count). The zero-order valence-corrected chi connectivity index (χ0v) is 21.0. The highest BCUT2D eigenvalue weighted by Gasteiger charge is 2.33. The molecule has 3 atom stereocenters. The molecule has 1 aromatic heterocycles. The van der Waals surface area contributed by atoms with Crippen LogP contribution in [0.15, 0.2) is 36.4 Å². The maximum absolute atomic E-state index is 11.0. The van der Waals surface area contributed by atoms with Gasteiger partial charge in [0.05, 0.1) is 23.2 Å². The topological polar surface area (TPSA) is 67.3 Å². The van der Waals surface area contributed by atoms with Gasteiger partial charge >= 0.3 is 0 Å². The number of hydrogen-bond acceptors (Lipinski definition) is 4. The van der Waals surface area contributed by atoms with Crippen molar-refractivity contribution in [3.05, 3.63) is 58.9 Å².